The van der Waals surface area contributed by atoms with Gasteiger partial charge in [0.15, 0.2) is 5.82 Å². The highest BCUT2D eigenvalue weighted by Crippen LogP contribution is 2.29. The Kier molecular flexibility index (Phi) is 6.12. The molecule has 0 saturated heterocycles. The Morgan fingerprint density at radius 3 is 2.82 bits per heavy atom. The molecule has 1 aliphatic rings. The smallest absolute Gasteiger partial charge is 0.252 e. The Labute approximate surface area is 191 Å². The maximum atomic E-state index is 12.9. The standard InChI is InChI=1S/C24H27N7O2/c1-33-21-8-9-22-18(12-21)11-19(24(32)26-22)15-30(14-17-5-4-10-25-13-17)16-23-27-28-29-31(23)20-6-2-3-7-20/h4-5,8-13,20H,2-3,6-7,14-16H2,1H3,(H,26,32). The minimum Gasteiger partial charge on any atom is -0.497 e. The molecule has 3 aromatic heterocycles. The summed E-state index contributed by atoms with van der Waals surface area (Å²) in [5.41, 5.74) is 2.43. The number of methoxy groups -OCH3 is 1. The van der Waals surface area contributed by atoms with Gasteiger partial charge in [0.25, 0.3) is 5.56 Å². The van der Waals surface area contributed by atoms with Crippen LogP contribution in [0.2, 0.25) is 0 Å². The van der Waals surface area contributed by atoms with Crippen molar-refractivity contribution in [2.75, 3.05) is 7.11 Å². The summed E-state index contributed by atoms with van der Waals surface area (Å²) in [7, 11) is 1.64. The predicted octanol–water partition coefficient (Wildman–Crippen LogP) is 3.24. The molecule has 33 heavy (non-hydrogen) atoms. The molecular weight excluding hydrogens is 418 g/mol. The number of tetrazole rings is 1. The molecule has 0 amide bonds. The first-order chi connectivity index (χ1) is 16.2. The Bertz CT molecular complexity index is 1280. The number of rotatable bonds is 8. The lowest BCUT2D eigenvalue weighted by Crippen LogP contribution is -2.28. The summed E-state index contributed by atoms with van der Waals surface area (Å²) in [5, 5.41) is 13.5. The minimum absolute atomic E-state index is 0.0979. The Hall–Kier alpha value is -3.59. The summed E-state index contributed by atoms with van der Waals surface area (Å²) in [6, 6.07) is 11.9. The van der Waals surface area contributed by atoms with Crippen molar-refractivity contribution in [1.82, 2.24) is 35.1 Å². The molecule has 0 spiro atoms. The molecule has 0 radical (unpaired) electrons. The normalized spacial score (nSPS) is 14.4. The molecule has 0 unspecified atom stereocenters. The summed E-state index contributed by atoms with van der Waals surface area (Å²) in [6.07, 6.45) is 8.23. The van der Waals surface area contributed by atoms with Gasteiger partial charge in [0, 0.05) is 41.9 Å². The molecule has 0 atom stereocenters. The maximum absolute atomic E-state index is 12.9. The number of hydrogen-bond donors (Lipinski definition) is 1. The van der Waals surface area contributed by atoms with Gasteiger partial charge in [-0.3, -0.25) is 14.7 Å². The second-order valence-corrected chi connectivity index (χ2v) is 8.56. The van der Waals surface area contributed by atoms with E-state index in [9.17, 15) is 4.79 Å². The number of pyridine rings is 2. The maximum Gasteiger partial charge on any atom is 0.252 e. The second-order valence-electron chi connectivity index (χ2n) is 8.56. The van der Waals surface area contributed by atoms with Crippen LogP contribution < -0.4 is 10.3 Å². The number of nitrogens with one attached hydrogen (secondary N) is 1. The highest BCUT2D eigenvalue weighted by Gasteiger charge is 2.23. The first-order valence-electron chi connectivity index (χ1n) is 11.3. The Morgan fingerprint density at radius 1 is 1.15 bits per heavy atom. The largest absolute Gasteiger partial charge is 0.497 e. The lowest BCUT2D eigenvalue weighted by molar-refractivity contribution is 0.231. The topological polar surface area (TPSA) is 102 Å². The van der Waals surface area contributed by atoms with Gasteiger partial charge in [0.1, 0.15) is 5.75 Å². The van der Waals surface area contributed by atoms with Crippen molar-refractivity contribution >= 4 is 10.9 Å². The van der Waals surface area contributed by atoms with Crippen LogP contribution in [0.25, 0.3) is 10.9 Å². The Balaban J connectivity index is 1.45. The predicted molar refractivity (Wildman–Crippen MR) is 124 cm³/mol. The van der Waals surface area contributed by atoms with E-state index in [0.29, 0.717) is 31.2 Å². The summed E-state index contributed by atoms with van der Waals surface area (Å²) in [6.45, 7) is 1.61. The van der Waals surface area contributed by atoms with Crippen LogP contribution in [0, 0.1) is 0 Å². The van der Waals surface area contributed by atoms with Crippen LogP contribution in [0.15, 0.2) is 53.6 Å². The number of benzene rings is 1. The van der Waals surface area contributed by atoms with Crippen molar-refractivity contribution in [3.05, 3.63) is 76.1 Å². The number of nitrogens with zero attached hydrogens (tertiary/aromatic N) is 6. The zero-order chi connectivity index (χ0) is 22.6. The van der Waals surface area contributed by atoms with Crippen molar-refractivity contribution in [1.29, 1.82) is 0 Å². The number of fused-ring (bicyclic) bond motifs is 1. The van der Waals surface area contributed by atoms with E-state index in [1.807, 2.05) is 47.3 Å². The fraction of sp³-hybridized carbons (Fsp3) is 0.375. The van der Waals surface area contributed by atoms with E-state index >= 15 is 0 Å². The van der Waals surface area contributed by atoms with Gasteiger partial charge in [-0.25, -0.2) is 4.68 Å². The third-order valence-electron chi connectivity index (χ3n) is 6.25. The van der Waals surface area contributed by atoms with Crippen LogP contribution in [0.4, 0.5) is 0 Å². The summed E-state index contributed by atoms with van der Waals surface area (Å²) >= 11 is 0. The second kappa shape index (κ2) is 9.50. The molecule has 5 rings (SSSR count). The first kappa shape index (κ1) is 21.3. The molecule has 3 heterocycles. The first-order valence-corrected chi connectivity index (χ1v) is 11.3. The van der Waals surface area contributed by atoms with Gasteiger partial charge in [0.05, 0.1) is 19.7 Å². The quantitative estimate of drug-likeness (QED) is 0.444. The van der Waals surface area contributed by atoms with Gasteiger partial charge in [0.2, 0.25) is 0 Å². The molecule has 170 valence electrons. The Morgan fingerprint density at radius 2 is 2.03 bits per heavy atom. The van der Waals surface area contributed by atoms with Crippen LogP contribution in [0.3, 0.4) is 0 Å². The molecule has 1 aliphatic carbocycles. The zero-order valence-corrected chi connectivity index (χ0v) is 18.6. The summed E-state index contributed by atoms with van der Waals surface area (Å²) in [5.74, 6) is 1.58. The SMILES string of the molecule is COc1ccc2[nH]c(=O)c(CN(Cc3cccnc3)Cc3nnnn3C3CCCC3)cc2c1. The minimum atomic E-state index is -0.0979. The van der Waals surface area contributed by atoms with Crippen LogP contribution in [-0.2, 0) is 19.6 Å². The lowest BCUT2D eigenvalue weighted by atomic mass is 10.1. The van der Waals surface area contributed by atoms with Gasteiger partial charge in [-0.1, -0.05) is 18.9 Å². The average molecular weight is 446 g/mol. The van der Waals surface area contributed by atoms with E-state index < -0.39 is 0 Å². The molecule has 1 aromatic carbocycles. The van der Waals surface area contributed by atoms with E-state index in [1.54, 1.807) is 13.3 Å². The van der Waals surface area contributed by atoms with Gasteiger partial charge in [-0.2, -0.15) is 0 Å². The average Bonchev–Trinajstić information content (AvgIpc) is 3.52. The number of aromatic nitrogens is 6. The van der Waals surface area contributed by atoms with Gasteiger partial charge in [-0.05, 0) is 59.2 Å². The van der Waals surface area contributed by atoms with Crippen molar-refractivity contribution < 1.29 is 4.74 Å². The number of aromatic amines is 1. The molecule has 9 nitrogen and oxygen atoms in total. The van der Waals surface area contributed by atoms with Crippen LogP contribution >= 0.6 is 0 Å². The monoisotopic (exact) mass is 445 g/mol. The molecular formula is C24H27N7O2. The zero-order valence-electron chi connectivity index (χ0n) is 18.6. The molecule has 0 bridgehead atoms. The van der Waals surface area contributed by atoms with Crippen LogP contribution in [0.5, 0.6) is 5.75 Å². The molecule has 1 saturated carbocycles. The summed E-state index contributed by atoms with van der Waals surface area (Å²) in [4.78, 5) is 22.3. The van der Waals surface area contributed by atoms with E-state index in [4.69, 9.17) is 4.74 Å². The van der Waals surface area contributed by atoms with Gasteiger partial charge in [-0.15, -0.1) is 5.10 Å². The van der Waals surface area contributed by atoms with Crippen LogP contribution in [-0.4, -0.2) is 42.2 Å². The molecule has 4 aromatic rings. The highest BCUT2D eigenvalue weighted by atomic mass is 16.5. The van der Waals surface area contributed by atoms with Crippen molar-refractivity contribution in [3.8, 4) is 5.75 Å². The molecule has 9 heteroatoms. The molecule has 1 fully saturated rings. The van der Waals surface area contributed by atoms with Crippen molar-refractivity contribution in [2.45, 2.75) is 51.4 Å². The van der Waals surface area contributed by atoms with Gasteiger partial charge >= 0.3 is 0 Å². The van der Waals surface area contributed by atoms with Gasteiger partial charge < -0.3 is 9.72 Å². The molecule has 1 N–H and O–H groups in total. The van der Waals surface area contributed by atoms with E-state index in [-0.39, 0.29) is 5.56 Å². The third-order valence-corrected chi connectivity index (χ3v) is 6.25. The fourth-order valence-electron chi connectivity index (χ4n) is 4.58. The van der Waals surface area contributed by atoms with E-state index in [1.165, 1.54) is 12.8 Å². The van der Waals surface area contributed by atoms with E-state index in [2.05, 4.69) is 30.4 Å². The van der Waals surface area contributed by atoms with Crippen molar-refractivity contribution in [2.24, 2.45) is 0 Å². The van der Waals surface area contributed by atoms with Crippen LogP contribution in [0.1, 0.15) is 48.7 Å². The lowest BCUT2D eigenvalue weighted by Gasteiger charge is -2.22. The van der Waals surface area contributed by atoms with E-state index in [0.717, 1.165) is 40.9 Å². The number of H-pyrrole nitrogens is 1. The highest BCUT2D eigenvalue weighted by molar-refractivity contribution is 5.80. The number of ether oxygens (including phenoxy) is 1. The summed E-state index contributed by atoms with van der Waals surface area (Å²) < 4.78 is 7.32. The van der Waals surface area contributed by atoms with Crippen molar-refractivity contribution in [3.63, 3.8) is 0 Å². The third kappa shape index (κ3) is 4.78. The molecule has 0 aliphatic heterocycles. The number of hydrogen-bond acceptors (Lipinski definition) is 7. The fourth-order valence-corrected chi connectivity index (χ4v) is 4.58.